The molecule has 4 nitrogen and oxygen atoms in total. The Labute approximate surface area is 111 Å². The molecule has 0 bridgehead atoms. The van der Waals surface area contributed by atoms with E-state index in [9.17, 15) is 4.79 Å². The quantitative estimate of drug-likeness (QED) is 0.837. The van der Waals surface area contributed by atoms with E-state index in [4.69, 9.17) is 5.11 Å². The number of likely N-dealkylation sites (tertiary alicyclic amines) is 2. The van der Waals surface area contributed by atoms with Crippen molar-refractivity contribution >= 4 is 5.97 Å². The van der Waals surface area contributed by atoms with Gasteiger partial charge in [0.25, 0.3) is 0 Å². The number of aliphatic carboxylic acids is 1. The minimum atomic E-state index is -0.692. The summed E-state index contributed by atoms with van der Waals surface area (Å²) in [6.45, 7) is 11.9. The van der Waals surface area contributed by atoms with Gasteiger partial charge >= 0.3 is 5.97 Å². The summed E-state index contributed by atoms with van der Waals surface area (Å²) in [6, 6.07) is 0. The number of rotatable bonds is 3. The fourth-order valence-corrected chi connectivity index (χ4v) is 3.11. The molecule has 2 heterocycles. The molecule has 0 aromatic carbocycles. The summed E-state index contributed by atoms with van der Waals surface area (Å²) in [6.07, 6.45) is 3.69. The van der Waals surface area contributed by atoms with Gasteiger partial charge in [-0.3, -0.25) is 9.69 Å². The second-order valence-electron chi connectivity index (χ2n) is 5.29. The average molecular weight is 256 g/mol. The van der Waals surface area contributed by atoms with Gasteiger partial charge in [0.2, 0.25) is 0 Å². The first-order valence-electron chi connectivity index (χ1n) is 7.30. The lowest BCUT2D eigenvalue weighted by Gasteiger charge is -2.38. The molecule has 0 atom stereocenters. The van der Waals surface area contributed by atoms with Crippen LogP contribution in [0.3, 0.4) is 0 Å². The molecule has 0 aromatic rings. The van der Waals surface area contributed by atoms with Gasteiger partial charge < -0.3 is 10.0 Å². The molecule has 0 aliphatic carbocycles. The molecule has 2 saturated heterocycles. The molecule has 2 fully saturated rings. The van der Waals surface area contributed by atoms with E-state index in [0.29, 0.717) is 5.41 Å². The number of nitrogens with zero attached hydrogens (tertiary/aromatic N) is 2. The van der Waals surface area contributed by atoms with Crippen molar-refractivity contribution in [1.29, 1.82) is 0 Å². The highest BCUT2D eigenvalue weighted by Gasteiger charge is 2.40. The molecule has 0 aromatic heterocycles. The normalized spacial score (nSPS) is 23.7. The Morgan fingerprint density at radius 1 is 1.11 bits per heavy atom. The lowest BCUT2D eigenvalue weighted by atomic mass is 9.78. The van der Waals surface area contributed by atoms with Gasteiger partial charge in [-0.05, 0) is 50.9 Å². The molecular weight excluding hydrogens is 228 g/mol. The van der Waals surface area contributed by atoms with E-state index >= 15 is 0 Å². The van der Waals surface area contributed by atoms with Crippen LogP contribution >= 0.6 is 0 Å². The van der Waals surface area contributed by atoms with Crippen LogP contribution in [0.15, 0.2) is 0 Å². The molecule has 0 unspecified atom stereocenters. The average Bonchev–Trinajstić information content (AvgIpc) is 2.75. The maximum absolute atomic E-state index is 10.7. The predicted molar refractivity (Wildman–Crippen MR) is 73.8 cm³/mol. The monoisotopic (exact) mass is 256 g/mol. The second-order valence-corrected chi connectivity index (χ2v) is 5.29. The van der Waals surface area contributed by atoms with Crippen LogP contribution in [0.1, 0.15) is 40.0 Å². The van der Waals surface area contributed by atoms with Gasteiger partial charge in [0.1, 0.15) is 0 Å². The second kappa shape index (κ2) is 7.10. The maximum Gasteiger partial charge on any atom is 0.317 e. The summed E-state index contributed by atoms with van der Waals surface area (Å²) in [4.78, 5) is 15.3. The lowest BCUT2D eigenvalue weighted by molar-refractivity contribution is -0.138. The van der Waals surface area contributed by atoms with Crippen LogP contribution < -0.4 is 0 Å². The van der Waals surface area contributed by atoms with Gasteiger partial charge in [-0.2, -0.15) is 0 Å². The van der Waals surface area contributed by atoms with Crippen LogP contribution in [0, 0.1) is 5.41 Å². The Balaban J connectivity index is 0.000000771. The van der Waals surface area contributed by atoms with Crippen molar-refractivity contribution in [3.63, 3.8) is 0 Å². The zero-order valence-electron chi connectivity index (χ0n) is 12.1. The number of carboxylic acids is 1. The van der Waals surface area contributed by atoms with E-state index in [-0.39, 0.29) is 6.54 Å². The molecule has 18 heavy (non-hydrogen) atoms. The van der Waals surface area contributed by atoms with Crippen molar-refractivity contribution in [3.05, 3.63) is 0 Å². The van der Waals surface area contributed by atoms with Gasteiger partial charge in [-0.15, -0.1) is 0 Å². The van der Waals surface area contributed by atoms with Crippen molar-refractivity contribution in [3.8, 4) is 0 Å². The van der Waals surface area contributed by atoms with Gasteiger partial charge in [-0.1, -0.05) is 20.8 Å². The fourth-order valence-electron chi connectivity index (χ4n) is 3.11. The topological polar surface area (TPSA) is 43.8 Å². The Kier molecular flexibility index (Phi) is 6.09. The van der Waals surface area contributed by atoms with Gasteiger partial charge in [0, 0.05) is 6.54 Å². The van der Waals surface area contributed by atoms with Crippen molar-refractivity contribution in [2.75, 3.05) is 39.3 Å². The largest absolute Gasteiger partial charge is 0.480 e. The molecule has 1 spiro atoms. The Bertz CT molecular complexity index is 261. The molecule has 0 saturated carbocycles. The van der Waals surface area contributed by atoms with E-state index in [1.807, 2.05) is 13.8 Å². The van der Waals surface area contributed by atoms with E-state index in [2.05, 4.69) is 16.7 Å². The summed E-state index contributed by atoms with van der Waals surface area (Å²) in [7, 11) is 0. The summed E-state index contributed by atoms with van der Waals surface area (Å²) in [5, 5.41) is 8.79. The first-order chi connectivity index (χ1) is 8.63. The van der Waals surface area contributed by atoms with Crippen molar-refractivity contribution < 1.29 is 9.90 Å². The van der Waals surface area contributed by atoms with Crippen LogP contribution in [0.4, 0.5) is 0 Å². The summed E-state index contributed by atoms with van der Waals surface area (Å²) in [5.41, 5.74) is 0.432. The fraction of sp³-hybridized carbons (Fsp3) is 0.929. The predicted octanol–water partition coefficient (Wildman–Crippen LogP) is 1.91. The SMILES string of the molecule is CC.CCN1CCC2(CC1)CCN(CC(=O)O)C2. The standard InChI is InChI=1S/C12H22N2O2.C2H6/c1-2-13-6-3-12(4-7-13)5-8-14(10-12)9-11(15)16;1-2/h2-10H2,1H3,(H,15,16);1-2H3. The van der Waals surface area contributed by atoms with E-state index in [1.165, 1.54) is 32.4 Å². The van der Waals surface area contributed by atoms with Crippen LogP contribution in [0.5, 0.6) is 0 Å². The lowest BCUT2D eigenvalue weighted by Crippen LogP contribution is -2.41. The summed E-state index contributed by atoms with van der Waals surface area (Å²) < 4.78 is 0. The third-order valence-corrected chi connectivity index (χ3v) is 4.24. The van der Waals surface area contributed by atoms with E-state index < -0.39 is 5.97 Å². The highest BCUT2D eigenvalue weighted by molar-refractivity contribution is 5.69. The molecule has 2 aliphatic heterocycles. The molecular formula is C14H28N2O2. The summed E-state index contributed by atoms with van der Waals surface area (Å²) in [5.74, 6) is -0.692. The molecule has 2 aliphatic rings. The number of hydrogen-bond acceptors (Lipinski definition) is 3. The molecule has 2 rings (SSSR count). The maximum atomic E-state index is 10.7. The van der Waals surface area contributed by atoms with Crippen LogP contribution in [0.2, 0.25) is 0 Å². The first kappa shape index (κ1) is 15.4. The first-order valence-corrected chi connectivity index (χ1v) is 7.30. The number of carboxylic acid groups (broad SMARTS) is 1. The number of piperidine rings is 1. The summed E-state index contributed by atoms with van der Waals surface area (Å²) >= 11 is 0. The zero-order valence-corrected chi connectivity index (χ0v) is 12.1. The smallest absolute Gasteiger partial charge is 0.317 e. The van der Waals surface area contributed by atoms with E-state index in [1.54, 1.807) is 0 Å². The third kappa shape index (κ3) is 3.95. The molecule has 4 heteroatoms. The zero-order chi connectivity index (χ0) is 13.6. The Hall–Kier alpha value is -0.610. The molecule has 0 radical (unpaired) electrons. The molecule has 0 amide bonds. The minimum absolute atomic E-state index is 0.221. The minimum Gasteiger partial charge on any atom is -0.480 e. The van der Waals surface area contributed by atoms with Crippen molar-refractivity contribution in [1.82, 2.24) is 9.80 Å². The highest BCUT2D eigenvalue weighted by atomic mass is 16.4. The Morgan fingerprint density at radius 3 is 2.06 bits per heavy atom. The third-order valence-electron chi connectivity index (χ3n) is 4.24. The molecule has 106 valence electrons. The number of hydrogen-bond donors (Lipinski definition) is 1. The molecule has 1 N–H and O–H groups in total. The number of carbonyl (C=O) groups is 1. The van der Waals surface area contributed by atoms with Crippen LogP contribution in [0.25, 0.3) is 0 Å². The van der Waals surface area contributed by atoms with Gasteiger partial charge in [-0.25, -0.2) is 0 Å². The van der Waals surface area contributed by atoms with Crippen LogP contribution in [-0.2, 0) is 4.79 Å². The van der Waals surface area contributed by atoms with Crippen LogP contribution in [-0.4, -0.2) is 60.1 Å². The van der Waals surface area contributed by atoms with Crippen molar-refractivity contribution in [2.45, 2.75) is 40.0 Å². The van der Waals surface area contributed by atoms with Gasteiger partial charge in [0.05, 0.1) is 6.54 Å². The highest BCUT2D eigenvalue weighted by Crippen LogP contribution is 2.40. The van der Waals surface area contributed by atoms with E-state index in [0.717, 1.165) is 19.6 Å². The van der Waals surface area contributed by atoms with Gasteiger partial charge in [0.15, 0.2) is 0 Å². The Morgan fingerprint density at radius 2 is 1.61 bits per heavy atom. The van der Waals surface area contributed by atoms with Crippen molar-refractivity contribution in [2.24, 2.45) is 5.41 Å².